The zero-order valence-corrected chi connectivity index (χ0v) is 10.8. The second-order valence-electron chi connectivity index (χ2n) is 3.73. The Morgan fingerprint density at radius 3 is 3.00 bits per heavy atom. The lowest BCUT2D eigenvalue weighted by Crippen LogP contribution is -1.93. The molecule has 4 nitrogen and oxygen atoms in total. The Bertz CT molecular complexity index is 510. The smallest absolute Gasteiger partial charge is 0.168 e. The highest BCUT2D eigenvalue weighted by Gasteiger charge is 2.08. The molecule has 0 atom stereocenters. The molecule has 2 aromatic rings. The molecule has 92 valence electrons. The molecule has 17 heavy (non-hydrogen) atoms. The van der Waals surface area contributed by atoms with Gasteiger partial charge in [0.25, 0.3) is 0 Å². The number of hydrogen-bond acceptors (Lipinski definition) is 4. The van der Waals surface area contributed by atoms with E-state index < -0.39 is 0 Å². The molecule has 0 unspecified atom stereocenters. The first-order chi connectivity index (χ1) is 8.26. The Labute approximate surface area is 105 Å². The van der Waals surface area contributed by atoms with Crippen LogP contribution in [0.15, 0.2) is 23.4 Å². The lowest BCUT2D eigenvalue weighted by molar-refractivity contribution is 0.296. The number of thioether (sulfide) groups is 1. The highest BCUT2D eigenvalue weighted by atomic mass is 32.2. The summed E-state index contributed by atoms with van der Waals surface area (Å²) in [5.74, 6) is 1.70. The van der Waals surface area contributed by atoms with Crippen LogP contribution in [0.1, 0.15) is 6.42 Å². The molecule has 1 aromatic carbocycles. The number of hydrogen-bond donors (Lipinski definition) is 1. The molecule has 0 fully saturated rings. The van der Waals surface area contributed by atoms with Gasteiger partial charge in [0, 0.05) is 25.5 Å². The normalized spacial score (nSPS) is 11.0. The molecular formula is C12H16N2O2S. The van der Waals surface area contributed by atoms with E-state index in [-0.39, 0.29) is 6.61 Å². The monoisotopic (exact) mass is 252 g/mol. The van der Waals surface area contributed by atoms with Crippen molar-refractivity contribution < 1.29 is 9.84 Å². The van der Waals surface area contributed by atoms with Crippen molar-refractivity contribution in [1.82, 2.24) is 9.55 Å². The molecule has 0 aliphatic carbocycles. The minimum atomic E-state index is 0.227. The van der Waals surface area contributed by atoms with Crippen LogP contribution >= 0.6 is 11.8 Å². The number of nitrogens with zero attached hydrogens (tertiary/aromatic N) is 2. The molecule has 1 heterocycles. The molecule has 0 bridgehead atoms. The van der Waals surface area contributed by atoms with Crippen LogP contribution in [0, 0.1) is 0 Å². The molecule has 0 amide bonds. The Kier molecular flexibility index (Phi) is 3.91. The number of rotatable bonds is 5. The number of fused-ring (bicyclic) bond motifs is 1. The van der Waals surface area contributed by atoms with Gasteiger partial charge in [0.05, 0.1) is 18.1 Å². The molecular weight excluding hydrogens is 236 g/mol. The van der Waals surface area contributed by atoms with Crippen molar-refractivity contribution in [3.05, 3.63) is 18.2 Å². The average Bonchev–Trinajstić information content (AvgIpc) is 2.66. The zero-order chi connectivity index (χ0) is 12.3. The van der Waals surface area contributed by atoms with E-state index in [1.54, 1.807) is 18.9 Å². The average molecular weight is 252 g/mol. The maximum atomic E-state index is 8.76. The summed E-state index contributed by atoms with van der Waals surface area (Å²) < 4.78 is 7.25. The van der Waals surface area contributed by atoms with Crippen molar-refractivity contribution in [2.75, 3.05) is 19.5 Å². The number of aromatic nitrogens is 2. The molecule has 0 spiro atoms. The highest BCUT2D eigenvalue weighted by molar-refractivity contribution is 7.99. The number of aryl methyl sites for hydroxylation is 1. The van der Waals surface area contributed by atoms with E-state index in [1.807, 2.05) is 25.2 Å². The quantitative estimate of drug-likeness (QED) is 0.653. The number of aliphatic hydroxyl groups excluding tert-OH is 1. The maximum absolute atomic E-state index is 8.76. The summed E-state index contributed by atoms with van der Waals surface area (Å²) in [5, 5.41) is 9.74. The van der Waals surface area contributed by atoms with E-state index in [9.17, 15) is 0 Å². The van der Waals surface area contributed by atoms with Crippen LogP contribution < -0.4 is 4.74 Å². The van der Waals surface area contributed by atoms with E-state index in [2.05, 4.69) is 9.55 Å². The minimum absolute atomic E-state index is 0.227. The van der Waals surface area contributed by atoms with Crippen molar-refractivity contribution in [2.45, 2.75) is 11.6 Å². The van der Waals surface area contributed by atoms with Gasteiger partial charge in [-0.05, 0) is 18.6 Å². The number of methoxy groups -OCH3 is 1. The van der Waals surface area contributed by atoms with E-state index in [0.29, 0.717) is 0 Å². The first-order valence-corrected chi connectivity index (χ1v) is 6.49. The van der Waals surface area contributed by atoms with Crippen molar-refractivity contribution in [2.24, 2.45) is 7.05 Å². The number of imidazole rings is 1. The standard InChI is InChI=1S/C12H16N2O2S/c1-14-11-5-4-9(16-2)8-10(11)13-12(14)17-7-3-6-15/h4-5,8,15H,3,6-7H2,1-2H3. The summed E-state index contributed by atoms with van der Waals surface area (Å²) in [6, 6.07) is 5.88. The van der Waals surface area contributed by atoms with E-state index in [0.717, 1.165) is 34.1 Å². The Morgan fingerprint density at radius 2 is 2.29 bits per heavy atom. The summed E-state index contributed by atoms with van der Waals surface area (Å²) in [6.45, 7) is 0.227. The highest BCUT2D eigenvalue weighted by Crippen LogP contribution is 2.25. The summed E-state index contributed by atoms with van der Waals surface area (Å²) in [7, 11) is 3.66. The van der Waals surface area contributed by atoms with E-state index in [1.165, 1.54) is 0 Å². The molecule has 0 radical (unpaired) electrons. The van der Waals surface area contributed by atoms with Gasteiger partial charge < -0.3 is 14.4 Å². The molecule has 1 N–H and O–H groups in total. The molecule has 0 aliphatic heterocycles. The first kappa shape index (κ1) is 12.3. The SMILES string of the molecule is COc1ccc2c(c1)nc(SCCCO)n2C. The lowest BCUT2D eigenvalue weighted by Gasteiger charge is -2.01. The van der Waals surface area contributed by atoms with E-state index in [4.69, 9.17) is 9.84 Å². The summed E-state index contributed by atoms with van der Waals surface area (Å²) >= 11 is 1.66. The Balaban J connectivity index is 2.28. The van der Waals surface area contributed by atoms with Gasteiger partial charge in [-0.3, -0.25) is 0 Å². The second-order valence-corrected chi connectivity index (χ2v) is 4.80. The number of aliphatic hydroxyl groups is 1. The third-order valence-electron chi connectivity index (χ3n) is 2.58. The van der Waals surface area contributed by atoms with Crippen LogP contribution in [0.5, 0.6) is 5.75 Å². The van der Waals surface area contributed by atoms with Crippen molar-refractivity contribution in [1.29, 1.82) is 0 Å². The fourth-order valence-electron chi connectivity index (χ4n) is 1.64. The van der Waals surface area contributed by atoms with Crippen LogP contribution in [-0.2, 0) is 7.05 Å². The van der Waals surface area contributed by atoms with Gasteiger partial charge in [-0.2, -0.15) is 0 Å². The first-order valence-electron chi connectivity index (χ1n) is 5.50. The predicted octanol–water partition coefficient (Wildman–Crippen LogP) is 2.06. The van der Waals surface area contributed by atoms with Crippen LogP contribution in [0.3, 0.4) is 0 Å². The zero-order valence-electron chi connectivity index (χ0n) is 10.0. The van der Waals surface area contributed by atoms with Crippen molar-refractivity contribution in [3.8, 4) is 5.75 Å². The third kappa shape index (κ3) is 2.56. The largest absolute Gasteiger partial charge is 0.497 e. The topological polar surface area (TPSA) is 47.3 Å². The molecule has 5 heteroatoms. The maximum Gasteiger partial charge on any atom is 0.168 e. The third-order valence-corrected chi connectivity index (χ3v) is 3.70. The van der Waals surface area contributed by atoms with Crippen LogP contribution in [-0.4, -0.2) is 34.1 Å². The molecule has 1 aromatic heterocycles. The fraction of sp³-hybridized carbons (Fsp3) is 0.417. The predicted molar refractivity (Wildman–Crippen MR) is 69.7 cm³/mol. The van der Waals surface area contributed by atoms with Crippen molar-refractivity contribution >= 4 is 22.8 Å². The Morgan fingerprint density at radius 1 is 1.47 bits per heavy atom. The van der Waals surface area contributed by atoms with Gasteiger partial charge in [0.2, 0.25) is 0 Å². The molecule has 2 rings (SSSR count). The van der Waals surface area contributed by atoms with Gasteiger partial charge in [0.1, 0.15) is 5.75 Å². The fourth-order valence-corrected chi connectivity index (χ4v) is 2.55. The number of ether oxygens (including phenoxy) is 1. The van der Waals surface area contributed by atoms with Gasteiger partial charge in [-0.1, -0.05) is 11.8 Å². The van der Waals surface area contributed by atoms with Crippen LogP contribution in [0.4, 0.5) is 0 Å². The Hall–Kier alpha value is -1.20. The van der Waals surface area contributed by atoms with Gasteiger partial charge >= 0.3 is 0 Å². The van der Waals surface area contributed by atoms with E-state index >= 15 is 0 Å². The summed E-state index contributed by atoms with van der Waals surface area (Å²) in [4.78, 5) is 4.56. The number of benzene rings is 1. The van der Waals surface area contributed by atoms with Crippen molar-refractivity contribution in [3.63, 3.8) is 0 Å². The van der Waals surface area contributed by atoms with Gasteiger partial charge in [-0.25, -0.2) is 4.98 Å². The van der Waals surface area contributed by atoms with Gasteiger partial charge in [0.15, 0.2) is 5.16 Å². The summed E-state index contributed by atoms with van der Waals surface area (Å²) in [5.41, 5.74) is 2.04. The van der Waals surface area contributed by atoms with Gasteiger partial charge in [-0.15, -0.1) is 0 Å². The van der Waals surface area contributed by atoms with Crippen LogP contribution in [0.25, 0.3) is 11.0 Å². The second kappa shape index (κ2) is 5.42. The minimum Gasteiger partial charge on any atom is -0.497 e. The molecule has 0 saturated carbocycles. The molecule has 0 saturated heterocycles. The summed E-state index contributed by atoms with van der Waals surface area (Å²) in [6.07, 6.45) is 0.789. The molecule has 0 aliphatic rings. The lowest BCUT2D eigenvalue weighted by atomic mass is 10.3. The van der Waals surface area contributed by atoms with Crippen LogP contribution in [0.2, 0.25) is 0 Å².